The van der Waals surface area contributed by atoms with E-state index in [0.717, 1.165) is 36.4 Å². The molecule has 118 valence electrons. The van der Waals surface area contributed by atoms with Crippen molar-refractivity contribution in [2.45, 2.75) is 12.5 Å². The molecule has 2 rings (SSSR count). The molecule has 0 amide bonds. The summed E-state index contributed by atoms with van der Waals surface area (Å²) in [5, 5.41) is 0.00819. The van der Waals surface area contributed by atoms with Gasteiger partial charge in [-0.15, -0.1) is 13.2 Å². The van der Waals surface area contributed by atoms with Gasteiger partial charge in [-0.25, -0.2) is 0 Å². The number of benzene rings is 2. The maximum absolute atomic E-state index is 12.7. The molecule has 2 aromatic rings. The van der Waals surface area contributed by atoms with Crippen molar-refractivity contribution in [2.75, 3.05) is 0 Å². The van der Waals surface area contributed by atoms with Crippen LogP contribution in [-0.4, -0.2) is 6.36 Å². The number of halogens is 7. The predicted octanol–water partition coefficient (Wildman–Crippen LogP) is 5.92. The average molecular weight is 341 g/mol. The molecule has 0 radical (unpaired) electrons. The molecule has 0 aliphatic rings. The Labute approximate surface area is 126 Å². The van der Waals surface area contributed by atoms with E-state index in [0.29, 0.717) is 0 Å². The Bertz CT molecular complexity index is 678. The Morgan fingerprint density at radius 1 is 0.864 bits per heavy atom. The van der Waals surface area contributed by atoms with Gasteiger partial charge >= 0.3 is 12.5 Å². The summed E-state index contributed by atoms with van der Waals surface area (Å²) in [5.41, 5.74) is -0.884. The van der Waals surface area contributed by atoms with Crippen molar-refractivity contribution in [3.8, 4) is 16.9 Å². The molecule has 1 nitrogen and oxygen atoms in total. The third-order valence-electron chi connectivity index (χ3n) is 2.67. The van der Waals surface area contributed by atoms with Gasteiger partial charge in [-0.3, -0.25) is 0 Å². The highest BCUT2D eigenvalue weighted by atomic mass is 35.5. The number of rotatable bonds is 2. The largest absolute Gasteiger partial charge is 0.573 e. The van der Waals surface area contributed by atoms with Crippen LogP contribution in [0.2, 0.25) is 5.02 Å². The zero-order chi connectivity index (χ0) is 16.5. The van der Waals surface area contributed by atoms with E-state index in [9.17, 15) is 26.3 Å². The summed E-state index contributed by atoms with van der Waals surface area (Å²) in [4.78, 5) is 0. The fraction of sp³-hybridized carbons (Fsp3) is 0.143. The van der Waals surface area contributed by atoms with Gasteiger partial charge in [-0.1, -0.05) is 23.7 Å². The molecule has 0 aromatic heterocycles. The van der Waals surface area contributed by atoms with Gasteiger partial charge in [0, 0.05) is 10.6 Å². The van der Waals surface area contributed by atoms with Crippen LogP contribution in [0.5, 0.6) is 5.75 Å². The van der Waals surface area contributed by atoms with Crippen LogP contribution in [0.25, 0.3) is 11.1 Å². The molecule has 2 aromatic carbocycles. The molecule has 0 saturated carbocycles. The van der Waals surface area contributed by atoms with E-state index in [4.69, 9.17) is 11.6 Å². The van der Waals surface area contributed by atoms with Crippen LogP contribution in [0, 0.1) is 0 Å². The molecule has 0 unspecified atom stereocenters. The molecular formula is C14H7ClF6O. The second-order valence-electron chi connectivity index (χ2n) is 4.27. The van der Waals surface area contributed by atoms with E-state index >= 15 is 0 Å². The highest BCUT2D eigenvalue weighted by molar-refractivity contribution is 6.33. The van der Waals surface area contributed by atoms with Crippen LogP contribution in [0.1, 0.15) is 5.56 Å². The lowest BCUT2D eigenvalue weighted by molar-refractivity contribution is -0.274. The summed E-state index contributed by atoms with van der Waals surface area (Å²) in [6.07, 6.45) is -9.47. The van der Waals surface area contributed by atoms with Crippen molar-refractivity contribution in [2.24, 2.45) is 0 Å². The molecule has 0 bridgehead atoms. The van der Waals surface area contributed by atoms with E-state index in [1.807, 2.05) is 0 Å². The third kappa shape index (κ3) is 4.07. The second-order valence-corrected chi connectivity index (χ2v) is 4.68. The van der Waals surface area contributed by atoms with Crippen molar-refractivity contribution in [3.05, 3.63) is 53.1 Å². The van der Waals surface area contributed by atoms with Gasteiger partial charge in [0.2, 0.25) is 0 Å². The van der Waals surface area contributed by atoms with Crippen molar-refractivity contribution < 1.29 is 31.1 Å². The lowest BCUT2D eigenvalue weighted by atomic mass is 10.0. The summed E-state index contributed by atoms with van der Waals surface area (Å²) in [6.45, 7) is 0. The normalized spacial score (nSPS) is 12.3. The smallest absolute Gasteiger partial charge is 0.406 e. The molecule has 8 heteroatoms. The maximum Gasteiger partial charge on any atom is 0.573 e. The number of alkyl halides is 6. The molecule has 0 N–H and O–H groups in total. The fourth-order valence-electron chi connectivity index (χ4n) is 1.79. The SMILES string of the molecule is FC(F)(F)Oc1ccc(Cl)c(-c2cccc(C(F)(F)F)c2)c1. The van der Waals surface area contributed by atoms with Gasteiger partial charge < -0.3 is 4.74 Å². The maximum atomic E-state index is 12.7. The van der Waals surface area contributed by atoms with Crippen molar-refractivity contribution in [3.63, 3.8) is 0 Å². The van der Waals surface area contributed by atoms with Crippen LogP contribution >= 0.6 is 11.6 Å². The Kier molecular flexibility index (Phi) is 4.28. The van der Waals surface area contributed by atoms with Crippen molar-refractivity contribution >= 4 is 11.6 Å². The van der Waals surface area contributed by atoms with E-state index in [1.54, 1.807) is 0 Å². The standard InChI is InChI=1S/C14H7ClF6O/c15-12-5-4-10(22-14(19,20)21)7-11(12)8-2-1-3-9(6-8)13(16,17)18/h1-7H. The molecule has 0 aliphatic carbocycles. The highest BCUT2D eigenvalue weighted by Crippen LogP contribution is 2.36. The topological polar surface area (TPSA) is 9.23 Å². The molecule has 0 atom stereocenters. The first-order valence-corrected chi connectivity index (χ1v) is 6.17. The number of hydrogen-bond donors (Lipinski definition) is 0. The zero-order valence-electron chi connectivity index (χ0n) is 10.6. The molecule has 0 spiro atoms. The molecular weight excluding hydrogens is 334 g/mol. The monoisotopic (exact) mass is 340 g/mol. The van der Waals surface area contributed by atoms with Crippen molar-refractivity contribution in [1.82, 2.24) is 0 Å². The van der Waals surface area contributed by atoms with Crippen LogP contribution < -0.4 is 4.74 Å². The first kappa shape index (κ1) is 16.5. The third-order valence-corrected chi connectivity index (χ3v) is 3.00. The summed E-state index contributed by atoms with van der Waals surface area (Å²) in [5.74, 6) is -0.565. The molecule has 22 heavy (non-hydrogen) atoms. The van der Waals surface area contributed by atoms with E-state index < -0.39 is 23.9 Å². The van der Waals surface area contributed by atoms with Gasteiger partial charge in [0.05, 0.1) is 5.56 Å². The van der Waals surface area contributed by atoms with Crippen LogP contribution in [0.3, 0.4) is 0 Å². The lowest BCUT2D eigenvalue weighted by Crippen LogP contribution is -2.17. The predicted molar refractivity (Wildman–Crippen MR) is 68.6 cm³/mol. The van der Waals surface area contributed by atoms with E-state index in [-0.39, 0.29) is 16.1 Å². The Balaban J connectivity index is 2.46. The van der Waals surface area contributed by atoms with Gasteiger partial charge in [0.25, 0.3) is 0 Å². The summed E-state index contributed by atoms with van der Waals surface area (Å²) >= 11 is 5.85. The average Bonchev–Trinajstić information content (AvgIpc) is 2.38. The molecule has 0 heterocycles. The number of hydrogen-bond acceptors (Lipinski definition) is 1. The minimum absolute atomic E-state index is 0.00819. The van der Waals surface area contributed by atoms with Crippen LogP contribution in [-0.2, 0) is 6.18 Å². The molecule has 0 fully saturated rings. The summed E-state index contributed by atoms with van der Waals surface area (Å²) in [6, 6.07) is 7.15. The number of ether oxygens (including phenoxy) is 1. The zero-order valence-corrected chi connectivity index (χ0v) is 11.4. The first-order chi connectivity index (χ1) is 10.1. The van der Waals surface area contributed by atoms with E-state index in [2.05, 4.69) is 4.74 Å². The van der Waals surface area contributed by atoms with Gasteiger partial charge in [-0.2, -0.15) is 13.2 Å². The van der Waals surface area contributed by atoms with Crippen LogP contribution in [0.15, 0.2) is 42.5 Å². The van der Waals surface area contributed by atoms with Gasteiger partial charge in [0.15, 0.2) is 0 Å². The highest BCUT2D eigenvalue weighted by Gasteiger charge is 2.32. The van der Waals surface area contributed by atoms with Crippen LogP contribution in [0.4, 0.5) is 26.3 Å². The Hall–Kier alpha value is -1.89. The summed E-state index contributed by atoms with van der Waals surface area (Å²) in [7, 11) is 0. The van der Waals surface area contributed by atoms with Gasteiger partial charge in [0.1, 0.15) is 5.75 Å². The minimum atomic E-state index is -4.90. The quantitative estimate of drug-likeness (QED) is 0.616. The van der Waals surface area contributed by atoms with E-state index in [1.165, 1.54) is 6.07 Å². The second kappa shape index (κ2) is 5.72. The Morgan fingerprint density at radius 3 is 2.14 bits per heavy atom. The fourth-order valence-corrected chi connectivity index (χ4v) is 2.01. The van der Waals surface area contributed by atoms with Gasteiger partial charge in [-0.05, 0) is 35.9 Å². The summed E-state index contributed by atoms with van der Waals surface area (Å²) < 4.78 is 78.4. The minimum Gasteiger partial charge on any atom is -0.406 e. The molecule has 0 aliphatic heterocycles. The van der Waals surface area contributed by atoms with Crippen molar-refractivity contribution in [1.29, 1.82) is 0 Å². The lowest BCUT2D eigenvalue weighted by Gasteiger charge is -2.13. The Morgan fingerprint density at radius 2 is 1.55 bits per heavy atom. The molecule has 0 saturated heterocycles. The first-order valence-electron chi connectivity index (χ1n) is 5.79.